The number of hydrogen-bond donors (Lipinski definition) is 0. The maximum atomic E-state index is 12.4. The summed E-state index contributed by atoms with van der Waals surface area (Å²) < 4.78 is 0. The van der Waals surface area contributed by atoms with Crippen LogP contribution < -0.4 is 0 Å². The van der Waals surface area contributed by atoms with Crippen molar-refractivity contribution in [2.75, 3.05) is 26.2 Å². The molecule has 1 saturated heterocycles. The highest BCUT2D eigenvalue weighted by molar-refractivity contribution is 5.77. The van der Waals surface area contributed by atoms with E-state index in [0.29, 0.717) is 23.8 Å². The first-order valence-electron chi connectivity index (χ1n) is 8.54. The third-order valence-corrected chi connectivity index (χ3v) is 4.26. The zero-order chi connectivity index (χ0) is 16.3. The Bertz CT molecular complexity index is 338. The molecule has 0 aliphatic carbocycles. The zero-order valence-electron chi connectivity index (χ0n) is 15.3. The molecule has 0 aromatic rings. The van der Waals surface area contributed by atoms with Crippen molar-refractivity contribution in [3.8, 4) is 0 Å². The summed E-state index contributed by atoms with van der Waals surface area (Å²) in [5.74, 6) is 0.330. The molecule has 21 heavy (non-hydrogen) atoms. The van der Waals surface area contributed by atoms with Crippen LogP contribution in [0.25, 0.3) is 0 Å². The molecule has 0 bridgehead atoms. The van der Waals surface area contributed by atoms with Gasteiger partial charge in [0.15, 0.2) is 0 Å². The normalized spacial score (nSPS) is 21.7. The number of rotatable bonds is 4. The molecular formula is C18H36N2O. The highest BCUT2D eigenvalue weighted by atomic mass is 16.2. The van der Waals surface area contributed by atoms with Crippen LogP contribution in [0.5, 0.6) is 0 Å². The SMILES string of the molecule is CC[C@H]1CN(C(=O)CC(C)(C)C)CCN1CCC(C)(C)C. The van der Waals surface area contributed by atoms with E-state index in [1.165, 1.54) is 6.42 Å². The summed E-state index contributed by atoms with van der Waals surface area (Å²) in [6, 6.07) is 0.532. The molecule has 0 N–H and O–H groups in total. The summed E-state index contributed by atoms with van der Waals surface area (Å²) in [6.07, 6.45) is 3.01. The van der Waals surface area contributed by atoms with Crippen molar-refractivity contribution in [3.05, 3.63) is 0 Å². The number of piperazine rings is 1. The molecule has 0 radical (unpaired) electrons. The van der Waals surface area contributed by atoms with Crippen molar-refractivity contribution in [2.45, 2.75) is 73.8 Å². The molecule has 1 heterocycles. The topological polar surface area (TPSA) is 23.6 Å². The van der Waals surface area contributed by atoms with Crippen LogP contribution in [0, 0.1) is 10.8 Å². The standard InChI is InChI=1S/C18H36N2O/c1-8-15-14-20(16(21)13-18(5,6)7)12-11-19(15)10-9-17(2,3)4/h15H,8-14H2,1-7H3/t15-/m0/s1. The minimum absolute atomic E-state index is 0.0855. The molecule has 1 fully saturated rings. The molecule has 0 aromatic carbocycles. The molecule has 1 aliphatic rings. The van der Waals surface area contributed by atoms with Gasteiger partial charge in [0, 0.05) is 32.1 Å². The van der Waals surface area contributed by atoms with Gasteiger partial charge in [0.2, 0.25) is 5.91 Å². The predicted octanol–water partition coefficient (Wildman–Crippen LogP) is 3.78. The molecule has 0 unspecified atom stereocenters. The molecule has 0 saturated carbocycles. The Balaban J connectivity index is 2.54. The van der Waals surface area contributed by atoms with Crippen LogP contribution in [-0.4, -0.2) is 47.9 Å². The lowest BCUT2D eigenvalue weighted by molar-refractivity contribution is -0.136. The first-order valence-corrected chi connectivity index (χ1v) is 8.54. The largest absolute Gasteiger partial charge is 0.340 e. The van der Waals surface area contributed by atoms with E-state index in [4.69, 9.17) is 0 Å². The molecule has 124 valence electrons. The number of amides is 1. The fourth-order valence-corrected chi connectivity index (χ4v) is 2.85. The van der Waals surface area contributed by atoms with E-state index in [-0.39, 0.29) is 5.41 Å². The van der Waals surface area contributed by atoms with E-state index < -0.39 is 0 Å². The van der Waals surface area contributed by atoms with Crippen molar-refractivity contribution in [3.63, 3.8) is 0 Å². The average molecular weight is 296 g/mol. The van der Waals surface area contributed by atoms with Gasteiger partial charge in [-0.05, 0) is 30.2 Å². The van der Waals surface area contributed by atoms with Crippen LogP contribution in [0.1, 0.15) is 67.7 Å². The third kappa shape index (κ3) is 6.82. The van der Waals surface area contributed by atoms with Crippen molar-refractivity contribution in [1.82, 2.24) is 9.80 Å². The van der Waals surface area contributed by atoms with Crippen LogP contribution >= 0.6 is 0 Å². The second-order valence-electron chi connectivity index (χ2n) is 8.99. The Morgan fingerprint density at radius 2 is 1.67 bits per heavy atom. The van der Waals surface area contributed by atoms with Gasteiger partial charge >= 0.3 is 0 Å². The summed E-state index contributed by atoms with van der Waals surface area (Å²) >= 11 is 0. The lowest BCUT2D eigenvalue weighted by atomic mass is 9.90. The van der Waals surface area contributed by atoms with E-state index >= 15 is 0 Å². The zero-order valence-corrected chi connectivity index (χ0v) is 15.3. The van der Waals surface area contributed by atoms with Crippen molar-refractivity contribution >= 4 is 5.91 Å². The van der Waals surface area contributed by atoms with Crippen LogP contribution in [0.3, 0.4) is 0 Å². The van der Waals surface area contributed by atoms with Gasteiger partial charge < -0.3 is 4.90 Å². The summed E-state index contributed by atoms with van der Waals surface area (Å²) in [7, 11) is 0. The van der Waals surface area contributed by atoms with Crippen molar-refractivity contribution in [2.24, 2.45) is 10.8 Å². The Morgan fingerprint density at radius 3 is 2.14 bits per heavy atom. The molecular weight excluding hydrogens is 260 g/mol. The van der Waals surface area contributed by atoms with Gasteiger partial charge in [0.05, 0.1) is 0 Å². The maximum absolute atomic E-state index is 12.4. The number of carbonyl (C=O) groups excluding carboxylic acids is 1. The smallest absolute Gasteiger partial charge is 0.223 e. The van der Waals surface area contributed by atoms with Gasteiger partial charge in [-0.25, -0.2) is 0 Å². The van der Waals surface area contributed by atoms with Gasteiger partial charge in [-0.2, -0.15) is 0 Å². The van der Waals surface area contributed by atoms with Crippen molar-refractivity contribution < 1.29 is 4.79 Å². The lowest BCUT2D eigenvalue weighted by Gasteiger charge is -2.42. The number of hydrogen-bond acceptors (Lipinski definition) is 2. The van der Waals surface area contributed by atoms with E-state index in [2.05, 4.69) is 58.3 Å². The number of nitrogens with zero attached hydrogens (tertiary/aromatic N) is 2. The maximum Gasteiger partial charge on any atom is 0.223 e. The predicted molar refractivity (Wildman–Crippen MR) is 90.4 cm³/mol. The quantitative estimate of drug-likeness (QED) is 0.788. The second-order valence-corrected chi connectivity index (χ2v) is 8.99. The van der Waals surface area contributed by atoms with Gasteiger partial charge in [0.25, 0.3) is 0 Å². The Hall–Kier alpha value is -0.570. The van der Waals surface area contributed by atoms with Crippen LogP contribution in [0.15, 0.2) is 0 Å². The summed E-state index contributed by atoms with van der Waals surface area (Å²) in [6.45, 7) is 19.6. The molecule has 1 rings (SSSR count). The Kier molecular flexibility index (Phi) is 6.27. The van der Waals surface area contributed by atoms with Gasteiger partial charge in [-0.15, -0.1) is 0 Å². The van der Waals surface area contributed by atoms with Crippen LogP contribution in [0.2, 0.25) is 0 Å². The van der Waals surface area contributed by atoms with Crippen LogP contribution in [-0.2, 0) is 4.79 Å². The minimum atomic E-state index is 0.0855. The summed E-state index contributed by atoms with van der Waals surface area (Å²) in [5, 5.41) is 0. The first-order chi connectivity index (χ1) is 9.52. The third-order valence-electron chi connectivity index (χ3n) is 4.26. The monoisotopic (exact) mass is 296 g/mol. The van der Waals surface area contributed by atoms with Gasteiger partial charge in [-0.3, -0.25) is 9.69 Å². The van der Waals surface area contributed by atoms with Crippen LogP contribution in [0.4, 0.5) is 0 Å². The average Bonchev–Trinajstić information content (AvgIpc) is 2.33. The molecule has 0 aromatic heterocycles. The minimum Gasteiger partial charge on any atom is -0.340 e. The summed E-state index contributed by atoms with van der Waals surface area (Å²) in [4.78, 5) is 17.1. The lowest BCUT2D eigenvalue weighted by Crippen LogP contribution is -2.55. The van der Waals surface area contributed by atoms with Gasteiger partial charge in [0.1, 0.15) is 0 Å². The van der Waals surface area contributed by atoms with E-state index in [0.717, 1.165) is 32.6 Å². The number of carbonyl (C=O) groups is 1. The molecule has 0 spiro atoms. The van der Waals surface area contributed by atoms with E-state index in [9.17, 15) is 4.79 Å². The molecule has 1 amide bonds. The summed E-state index contributed by atoms with van der Waals surface area (Å²) in [5.41, 5.74) is 0.472. The second kappa shape index (κ2) is 7.13. The fourth-order valence-electron chi connectivity index (χ4n) is 2.85. The molecule has 1 aliphatic heterocycles. The molecule has 1 atom stereocenters. The Morgan fingerprint density at radius 1 is 1.05 bits per heavy atom. The molecule has 3 heteroatoms. The molecule has 3 nitrogen and oxygen atoms in total. The highest BCUT2D eigenvalue weighted by Gasteiger charge is 2.30. The highest BCUT2D eigenvalue weighted by Crippen LogP contribution is 2.24. The fraction of sp³-hybridized carbons (Fsp3) is 0.944. The Labute approximate surface area is 132 Å². The first kappa shape index (κ1) is 18.5. The van der Waals surface area contributed by atoms with E-state index in [1.807, 2.05) is 0 Å². The van der Waals surface area contributed by atoms with E-state index in [1.54, 1.807) is 0 Å². The van der Waals surface area contributed by atoms with Gasteiger partial charge in [-0.1, -0.05) is 48.5 Å². The van der Waals surface area contributed by atoms with Crippen molar-refractivity contribution in [1.29, 1.82) is 0 Å².